The van der Waals surface area contributed by atoms with Gasteiger partial charge in [-0.1, -0.05) is 6.42 Å². The van der Waals surface area contributed by atoms with Crippen molar-refractivity contribution in [2.75, 3.05) is 19.4 Å². The van der Waals surface area contributed by atoms with E-state index in [-0.39, 0.29) is 19.4 Å². The number of nitriles is 3. The molecule has 2 saturated heterocycles. The molecule has 10 heteroatoms. The molecule has 0 amide bonds. The Balaban J connectivity index is 2.16. The van der Waals surface area contributed by atoms with Crippen LogP contribution in [0.3, 0.4) is 0 Å². The van der Waals surface area contributed by atoms with Crippen LogP contribution in [-0.2, 0) is 23.1 Å². The van der Waals surface area contributed by atoms with Crippen molar-refractivity contribution in [1.82, 2.24) is 0 Å². The number of nitrogens with zero attached hydrogens (tertiary/aromatic N) is 3. The lowest BCUT2D eigenvalue weighted by Gasteiger charge is -2.51. The third kappa shape index (κ3) is 2.53. The zero-order valence-electron chi connectivity index (χ0n) is 15.9. The highest BCUT2D eigenvalue weighted by molar-refractivity contribution is 7.53. The van der Waals surface area contributed by atoms with Crippen molar-refractivity contribution in [2.24, 2.45) is 16.7 Å². The molecule has 3 aliphatic rings. The summed E-state index contributed by atoms with van der Waals surface area (Å²) in [4.78, 5) is 0. The number of rotatable bonds is 6. The van der Waals surface area contributed by atoms with Gasteiger partial charge in [0.1, 0.15) is 6.10 Å². The van der Waals surface area contributed by atoms with E-state index < -0.39 is 42.1 Å². The molecule has 1 saturated carbocycles. The van der Waals surface area contributed by atoms with Crippen LogP contribution in [0.15, 0.2) is 0 Å². The Kier molecular flexibility index (Phi) is 5.30. The van der Waals surface area contributed by atoms with Crippen LogP contribution in [0, 0.1) is 56.2 Å². The standard InChI is InChI=1S/C18H23N4O5P/c1-3-24-28(23,25-4-2)9-14-16(10-19,11-20)17(12-21)13-7-5-6-8-18(13,26-14)27-15(17)22/h13-14,22H,3-9H2,1-2H3/t13-,14-,17+,18-/m1/s1. The first-order valence-electron chi connectivity index (χ1n) is 9.41. The van der Waals surface area contributed by atoms with Crippen LogP contribution >= 0.6 is 7.60 Å². The molecular formula is C18H23N4O5P. The first-order valence-corrected chi connectivity index (χ1v) is 11.1. The maximum Gasteiger partial charge on any atom is 0.333 e. The van der Waals surface area contributed by atoms with Crippen LogP contribution in [0.25, 0.3) is 0 Å². The molecule has 9 nitrogen and oxygen atoms in total. The fourth-order valence-corrected chi connectivity index (χ4v) is 6.70. The van der Waals surface area contributed by atoms with Gasteiger partial charge in [-0.05, 0) is 26.7 Å². The molecule has 2 aliphatic heterocycles. The van der Waals surface area contributed by atoms with Crippen LogP contribution in [-0.4, -0.2) is 37.2 Å². The molecule has 2 bridgehead atoms. The molecule has 0 spiro atoms. The second kappa shape index (κ2) is 7.14. The molecule has 1 N–H and O–H groups in total. The third-order valence-corrected chi connectivity index (χ3v) is 8.05. The minimum Gasteiger partial charge on any atom is -0.447 e. The summed E-state index contributed by atoms with van der Waals surface area (Å²) in [6.45, 7) is 3.54. The summed E-state index contributed by atoms with van der Waals surface area (Å²) in [5.74, 6) is -2.30. The van der Waals surface area contributed by atoms with E-state index in [1.807, 2.05) is 12.1 Å². The summed E-state index contributed by atoms with van der Waals surface area (Å²) < 4.78 is 35.7. The summed E-state index contributed by atoms with van der Waals surface area (Å²) >= 11 is 0. The van der Waals surface area contributed by atoms with Gasteiger partial charge in [-0.2, -0.15) is 15.8 Å². The topological polar surface area (TPSA) is 149 Å². The number of ether oxygens (including phenoxy) is 2. The number of hydrogen-bond donors (Lipinski definition) is 1. The molecule has 3 rings (SSSR count). The van der Waals surface area contributed by atoms with E-state index in [1.54, 1.807) is 13.8 Å². The zero-order valence-corrected chi connectivity index (χ0v) is 16.8. The first kappa shape index (κ1) is 20.8. The molecule has 4 atom stereocenters. The van der Waals surface area contributed by atoms with E-state index in [9.17, 15) is 20.4 Å². The highest BCUT2D eigenvalue weighted by Crippen LogP contribution is 2.68. The smallest absolute Gasteiger partial charge is 0.333 e. The van der Waals surface area contributed by atoms with Crippen molar-refractivity contribution in [1.29, 1.82) is 21.2 Å². The Morgan fingerprint density at radius 1 is 1.18 bits per heavy atom. The largest absolute Gasteiger partial charge is 0.447 e. The van der Waals surface area contributed by atoms with Crippen LogP contribution < -0.4 is 0 Å². The van der Waals surface area contributed by atoms with Gasteiger partial charge in [0.2, 0.25) is 11.7 Å². The monoisotopic (exact) mass is 406 g/mol. The van der Waals surface area contributed by atoms with Crippen LogP contribution in [0.4, 0.5) is 0 Å². The van der Waals surface area contributed by atoms with E-state index in [0.717, 1.165) is 12.8 Å². The molecular weight excluding hydrogens is 383 g/mol. The fraction of sp³-hybridized carbons (Fsp3) is 0.778. The summed E-state index contributed by atoms with van der Waals surface area (Å²) in [5.41, 5.74) is -3.85. The average molecular weight is 406 g/mol. The van der Waals surface area contributed by atoms with Gasteiger partial charge in [-0.15, -0.1) is 0 Å². The Morgan fingerprint density at radius 2 is 1.82 bits per heavy atom. The highest BCUT2D eigenvalue weighted by atomic mass is 31.2. The van der Waals surface area contributed by atoms with Crippen molar-refractivity contribution in [3.63, 3.8) is 0 Å². The molecule has 0 unspecified atom stereocenters. The van der Waals surface area contributed by atoms with Gasteiger partial charge in [0.15, 0.2) is 10.8 Å². The molecule has 0 radical (unpaired) electrons. The van der Waals surface area contributed by atoms with Crippen molar-refractivity contribution in [2.45, 2.75) is 51.4 Å². The molecule has 0 aromatic heterocycles. The number of nitrogens with one attached hydrogen (secondary N) is 1. The van der Waals surface area contributed by atoms with Gasteiger partial charge >= 0.3 is 7.60 Å². The normalized spacial score (nSPS) is 35.8. The van der Waals surface area contributed by atoms with Crippen LogP contribution in [0.5, 0.6) is 0 Å². The van der Waals surface area contributed by atoms with E-state index in [1.165, 1.54) is 0 Å². The maximum absolute atomic E-state index is 13.1. The van der Waals surface area contributed by atoms with Crippen molar-refractivity contribution < 1.29 is 23.1 Å². The Labute approximate surface area is 164 Å². The minimum atomic E-state index is -3.69. The summed E-state index contributed by atoms with van der Waals surface area (Å²) in [6.07, 6.45) is 0.846. The average Bonchev–Trinajstić information content (AvgIpc) is 2.88. The quantitative estimate of drug-likeness (QED) is 0.661. The fourth-order valence-electron chi connectivity index (χ4n) is 4.87. The van der Waals surface area contributed by atoms with Gasteiger partial charge in [0.25, 0.3) is 0 Å². The molecule has 1 aliphatic carbocycles. The van der Waals surface area contributed by atoms with Crippen LogP contribution in [0.2, 0.25) is 0 Å². The van der Waals surface area contributed by atoms with Gasteiger partial charge in [0, 0.05) is 6.42 Å². The Hall–Kier alpha value is -1.95. The van der Waals surface area contributed by atoms with Crippen molar-refractivity contribution in [3.8, 4) is 18.2 Å². The maximum atomic E-state index is 13.1. The van der Waals surface area contributed by atoms with Gasteiger partial charge < -0.3 is 18.5 Å². The van der Waals surface area contributed by atoms with Crippen molar-refractivity contribution in [3.05, 3.63) is 0 Å². The molecule has 28 heavy (non-hydrogen) atoms. The molecule has 150 valence electrons. The zero-order chi connectivity index (χ0) is 20.6. The lowest BCUT2D eigenvalue weighted by Crippen LogP contribution is -2.64. The number of hydrogen-bond acceptors (Lipinski definition) is 9. The highest BCUT2D eigenvalue weighted by Gasteiger charge is 2.80. The van der Waals surface area contributed by atoms with E-state index >= 15 is 0 Å². The molecule has 2 heterocycles. The lowest BCUT2D eigenvalue weighted by atomic mass is 9.52. The molecule has 0 aromatic rings. The van der Waals surface area contributed by atoms with E-state index in [0.29, 0.717) is 12.8 Å². The predicted molar refractivity (Wildman–Crippen MR) is 95.8 cm³/mol. The lowest BCUT2D eigenvalue weighted by molar-refractivity contribution is -0.286. The van der Waals surface area contributed by atoms with Gasteiger partial charge in [-0.25, -0.2) is 0 Å². The summed E-state index contributed by atoms with van der Waals surface area (Å²) in [5, 5.41) is 38.7. The van der Waals surface area contributed by atoms with Gasteiger partial charge in [0.05, 0.1) is 43.5 Å². The van der Waals surface area contributed by atoms with Crippen molar-refractivity contribution >= 4 is 13.5 Å². The summed E-state index contributed by atoms with van der Waals surface area (Å²) in [7, 11) is -3.69. The molecule has 3 fully saturated rings. The van der Waals surface area contributed by atoms with Crippen LogP contribution in [0.1, 0.15) is 39.5 Å². The Morgan fingerprint density at radius 3 is 2.36 bits per heavy atom. The summed E-state index contributed by atoms with van der Waals surface area (Å²) in [6, 6.07) is 5.96. The molecule has 0 aromatic carbocycles. The third-order valence-electron chi connectivity index (χ3n) is 5.97. The Bertz CT molecular complexity index is 818. The first-order chi connectivity index (χ1) is 13.3. The van der Waals surface area contributed by atoms with E-state index in [2.05, 4.69) is 6.07 Å². The second-order valence-corrected chi connectivity index (χ2v) is 9.33. The second-order valence-electron chi connectivity index (χ2n) is 7.23. The SMILES string of the molecule is CCOP(=O)(C[C@H]1O[C@@]23CCCC[C@@H]2[C@@](C#N)(C(=N)O3)C1(C#N)C#N)OCC. The predicted octanol–water partition coefficient (Wildman–Crippen LogP) is 3.09. The van der Waals surface area contributed by atoms with Gasteiger partial charge in [-0.3, -0.25) is 9.97 Å². The van der Waals surface area contributed by atoms with E-state index in [4.69, 9.17) is 23.9 Å². The minimum absolute atomic E-state index is 0.111.